The van der Waals surface area contributed by atoms with Gasteiger partial charge in [-0.3, -0.25) is 9.59 Å². The lowest BCUT2D eigenvalue weighted by Gasteiger charge is -2.29. The van der Waals surface area contributed by atoms with Crippen LogP contribution in [0.5, 0.6) is 0 Å². The lowest BCUT2D eigenvalue weighted by Crippen LogP contribution is -2.37. The number of amides is 2. The van der Waals surface area contributed by atoms with E-state index in [0.29, 0.717) is 18.0 Å². The second-order valence-electron chi connectivity index (χ2n) is 5.41. The van der Waals surface area contributed by atoms with Gasteiger partial charge in [0, 0.05) is 25.2 Å². The van der Waals surface area contributed by atoms with Crippen molar-refractivity contribution < 1.29 is 14.0 Å². The molecule has 6 heteroatoms. The third-order valence-corrected chi connectivity index (χ3v) is 4.70. The van der Waals surface area contributed by atoms with E-state index in [2.05, 4.69) is 5.32 Å². The number of halogens is 1. The van der Waals surface area contributed by atoms with Crippen LogP contribution in [0.25, 0.3) is 0 Å². The van der Waals surface area contributed by atoms with Gasteiger partial charge in [0.2, 0.25) is 5.91 Å². The summed E-state index contributed by atoms with van der Waals surface area (Å²) in [6.45, 7) is 0.929. The van der Waals surface area contributed by atoms with E-state index in [-0.39, 0.29) is 24.1 Å². The molecule has 2 amide bonds. The summed E-state index contributed by atoms with van der Waals surface area (Å²) in [6.07, 6.45) is 1.84. The third kappa shape index (κ3) is 3.59. The van der Waals surface area contributed by atoms with Gasteiger partial charge in [-0.05, 0) is 48.1 Å². The van der Waals surface area contributed by atoms with E-state index in [1.165, 1.54) is 23.5 Å². The highest BCUT2D eigenvalue weighted by Crippen LogP contribution is 2.28. The predicted octanol–water partition coefficient (Wildman–Crippen LogP) is 2.99. The Morgan fingerprint density at radius 3 is 2.96 bits per heavy atom. The van der Waals surface area contributed by atoms with Crippen molar-refractivity contribution in [1.29, 1.82) is 0 Å². The van der Waals surface area contributed by atoms with E-state index in [9.17, 15) is 14.0 Å². The molecule has 0 fully saturated rings. The maximum absolute atomic E-state index is 13.3. The molecule has 0 saturated heterocycles. The highest BCUT2D eigenvalue weighted by molar-refractivity contribution is 7.12. The van der Waals surface area contributed by atoms with Gasteiger partial charge in [0.1, 0.15) is 5.82 Å². The number of nitrogens with one attached hydrogen (secondary N) is 1. The standard InChI is InChI=1S/C17H17FN2O2S/c18-13-5-6-14-12(11-13)3-1-9-20(14)16(21)7-8-19-17(22)15-4-2-10-23-15/h2,4-6,10-11H,1,3,7-9H2,(H,19,22). The highest BCUT2D eigenvalue weighted by atomic mass is 32.1. The van der Waals surface area contributed by atoms with E-state index in [1.807, 2.05) is 11.4 Å². The Morgan fingerprint density at radius 1 is 1.30 bits per heavy atom. The molecular formula is C17H17FN2O2S. The van der Waals surface area contributed by atoms with Crippen LogP contribution in [0.1, 0.15) is 28.1 Å². The van der Waals surface area contributed by atoms with Gasteiger partial charge in [-0.25, -0.2) is 4.39 Å². The molecule has 0 spiro atoms. The summed E-state index contributed by atoms with van der Waals surface area (Å²) < 4.78 is 13.3. The van der Waals surface area contributed by atoms with Crippen LogP contribution in [0.3, 0.4) is 0 Å². The Kier molecular flexibility index (Phi) is 4.71. The number of hydrogen-bond donors (Lipinski definition) is 1. The van der Waals surface area contributed by atoms with E-state index >= 15 is 0 Å². The molecule has 1 aromatic heterocycles. The SMILES string of the molecule is O=C(NCCC(=O)N1CCCc2cc(F)ccc21)c1cccs1. The molecule has 120 valence electrons. The lowest BCUT2D eigenvalue weighted by atomic mass is 10.0. The number of thiophene rings is 1. The Bertz CT molecular complexity index is 715. The highest BCUT2D eigenvalue weighted by Gasteiger charge is 2.22. The molecule has 0 unspecified atom stereocenters. The van der Waals surface area contributed by atoms with Crippen LogP contribution in [-0.4, -0.2) is 24.9 Å². The van der Waals surface area contributed by atoms with Gasteiger partial charge in [-0.1, -0.05) is 6.07 Å². The number of rotatable bonds is 4. The second-order valence-corrected chi connectivity index (χ2v) is 6.35. The molecule has 1 N–H and O–H groups in total. The maximum Gasteiger partial charge on any atom is 0.261 e. The number of anilines is 1. The molecule has 1 aliphatic heterocycles. The Morgan fingerprint density at radius 2 is 2.17 bits per heavy atom. The molecule has 2 heterocycles. The van der Waals surface area contributed by atoms with Crippen molar-refractivity contribution in [3.05, 3.63) is 52.0 Å². The van der Waals surface area contributed by atoms with Crippen molar-refractivity contribution in [2.24, 2.45) is 0 Å². The van der Waals surface area contributed by atoms with E-state index in [0.717, 1.165) is 24.1 Å². The van der Waals surface area contributed by atoms with Crippen LogP contribution in [0, 0.1) is 5.82 Å². The van der Waals surface area contributed by atoms with Gasteiger partial charge in [0.15, 0.2) is 0 Å². The summed E-state index contributed by atoms with van der Waals surface area (Å²) in [6, 6.07) is 8.09. The predicted molar refractivity (Wildman–Crippen MR) is 88.3 cm³/mol. The van der Waals surface area contributed by atoms with Crippen molar-refractivity contribution in [1.82, 2.24) is 5.32 Å². The first-order valence-electron chi connectivity index (χ1n) is 7.55. The zero-order valence-electron chi connectivity index (χ0n) is 12.5. The molecule has 1 aliphatic rings. The van der Waals surface area contributed by atoms with Crippen LogP contribution in [0.4, 0.5) is 10.1 Å². The van der Waals surface area contributed by atoms with Crippen LogP contribution < -0.4 is 10.2 Å². The van der Waals surface area contributed by atoms with Crippen molar-refractivity contribution in [2.45, 2.75) is 19.3 Å². The molecule has 0 atom stereocenters. The van der Waals surface area contributed by atoms with Gasteiger partial charge in [-0.15, -0.1) is 11.3 Å². The van der Waals surface area contributed by atoms with Gasteiger partial charge in [-0.2, -0.15) is 0 Å². The fourth-order valence-electron chi connectivity index (χ4n) is 2.74. The average molecular weight is 332 g/mol. The third-order valence-electron chi connectivity index (χ3n) is 3.83. The zero-order valence-corrected chi connectivity index (χ0v) is 13.4. The Labute approximate surface area is 137 Å². The van der Waals surface area contributed by atoms with Crippen molar-refractivity contribution in [3.63, 3.8) is 0 Å². The number of carbonyl (C=O) groups excluding carboxylic acids is 2. The molecule has 4 nitrogen and oxygen atoms in total. The monoisotopic (exact) mass is 332 g/mol. The van der Waals surface area contributed by atoms with Gasteiger partial charge in [0.05, 0.1) is 4.88 Å². The molecule has 1 aromatic carbocycles. The zero-order chi connectivity index (χ0) is 16.2. The quantitative estimate of drug-likeness (QED) is 0.936. The first-order valence-corrected chi connectivity index (χ1v) is 8.43. The fraction of sp³-hybridized carbons (Fsp3) is 0.294. The summed E-state index contributed by atoms with van der Waals surface area (Å²) in [5.41, 5.74) is 1.65. The largest absolute Gasteiger partial charge is 0.351 e. The number of aryl methyl sites for hydroxylation is 1. The normalized spacial score (nSPS) is 13.5. The molecule has 0 saturated carbocycles. The number of hydrogen-bond acceptors (Lipinski definition) is 3. The number of benzene rings is 1. The summed E-state index contributed by atoms with van der Waals surface area (Å²) in [4.78, 5) is 26.6. The number of nitrogens with zero attached hydrogens (tertiary/aromatic N) is 1. The van der Waals surface area contributed by atoms with E-state index in [4.69, 9.17) is 0 Å². The minimum Gasteiger partial charge on any atom is -0.351 e. The summed E-state index contributed by atoms with van der Waals surface area (Å²) in [5.74, 6) is -0.487. The Hall–Kier alpha value is -2.21. The topological polar surface area (TPSA) is 49.4 Å². The van der Waals surface area contributed by atoms with Crippen LogP contribution >= 0.6 is 11.3 Å². The van der Waals surface area contributed by atoms with E-state index in [1.54, 1.807) is 17.0 Å². The average Bonchev–Trinajstić information content (AvgIpc) is 3.08. The molecule has 3 rings (SSSR count). The smallest absolute Gasteiger partial charge is 0.261 e. The van der Waals surface area contributed by atoms with Crippen molar-refractivity contribution in [3.8, 4) is 0 Å². The van der Waals surface area contributed by atoms with Crippen LogP contribution in [0.15, 0.2) is 35.7 Å². The van der Waals surface area contributed by atoms with Gasteiger partial charge < -0.3 is 10.2 Å². The second kappa shape index (κ2) is 6.91. The minimum atomic E-state index is -0.277. The fourth-order valence-corrected chi connectivity index (χ4v) is 3.38. The van der Waals surface area contributed by atoms with Crippen LogP contribution in [-0.2, 0) is 11.2 Å². The first kappa shape index (κ1) is 15.7. The number of carbonyl (C=O) groups is 2. The van der Waals surface area contributed by atoms with Crippen LogP contribution in [0.2, 0.25) is 0 Å². The maximum atomic E-state index is 13.3. The summed E-state index contributed by atoms with van der Waals surface area (Å²) in [7, 11) is 0. The molecular weight excluding hydrogens is 315 g/mol. The summed E-state index contributed by atoms with van der Waals surface area (Å²) >= 11 is 1.37. The number of fused-ring (bicyclic) bond motifs is 1. The molecule has 23 heavy (non-hydrogen) atoms. The van der Waals surface area contributed by atoms with E-state index < -0.39 is 0 Å². The molecule has 0 aliphatic carbocycles. The van der Waals surface area contributed by atoms with Gasteiger partial charge in [0.25, 0.3) is 5.91 Å². The van der Waals surface area contributed by atoms with Gasteiger partial charge >= 0.3 is 0 Å². The molecule has 0 bridgehead atoms. The van der Waals surface area contributed by atoms with Crippen molar-refractivity contribution >= 4 is 28.8 Å². The summed E-state index contributed by atoms with van der Waals surface area (Å²) in [5, 5.41) is 4.59. The molecule has 2 aromatic rings. The molecule has 0 radical (unpaired) electrons. The van der Waals surface area contributed by atoms with Crippen molar-refractivity contribution in [2.75, 3.05) is 18.0 Å². The minimum absolute atomic E-state index is 0.0518. The Balaban J connectivity index is 1.58. The lowest BCUT2D eigenvalue weighted by molar-refractivity contribution is -0.118. The first-order chi connectivity index (χ1) is 11.1.